The molecule has 0 spiro atoms. The Labute approximate surface area is 95.8 Å². The summed E-state index contributed by atoms with van der Waals surface area (Å²) in [5.41, 5.74) is 2.00. The first-order valence-corrected chi connectivity index (χ1v) is 5.86. The molecule has 1 fully saturated rings. The summed E-state index contributed by atoms with van der Waals surface area (Å²) >= 11 is 6.15. The Kier molecular flexibility index (Phi) is 3.03. The number of hydrogen-bond donors (Lipinski definition) is 1. The van der Waals surface area contributed by atoms with E-state index in [2.05, 4.69) is 17.3 Å². The molecule has 0 bridgehead atoms. The molecule has 3 nitrogen and oxygen atoms in total. The van der Waals surface area contributed by atoms with Gasteiger partial charge in [-0.05, 0) is 31.7 Å². The summed E-state index contributed by atoms with van der Waals surface area (Å²) in [6, 6.07) is 0. The normalized spacial score (nSPS) is 24.5. The second-order valence-corrected chi connectivity index (χ2v) is 4.95. The molecule has 0 amide bonds. The molecule has 84 valence electrons. The zero-order valence-corrected chi connectivity index (χ0v) is 10.3. The molecule has 0 aliphatic heterocycles. The van der Waals surface area contributed by atoms with Gasteiger partial charge in [0.2, 0.25) is 0 Å². The third kappa shape index (κ3) is 2.34. The van der Waals surface area contributed by atoms with Gasteiger partial charge in [-0.3, -0.25) is 4.68 Å². The molecule has 15 heavy (non-hydrogen) atoms. The Hall–Kier alpha value is -0.540. The molecule has 1 saturated carbocycles. The number of aromatic nitrogens is 2. The fraction of sp³-hybridized carbons (Fsp3) is 0.727. The number of halogens is 1. The molecule has 0 radical (unpaired) electrons. The number of nitrogens with one attached hydrogen (secondary N) is 1. The minimum atomic E-state index is 0.800. The summed E-state index contributed by atoms with van der Waals surface area (Å²) in [7, 11) is 1.94. The Morgan fingerprint density at radius 1 is 1.60 bits per heavy atom. The lowest BCUT2D eigenvalue weighted by atomic mass is 10.3. The van der Waals surface area contributed by atoms with Crippen LogP contribution in [0, 0.1) is 18.8 Å². The summed E-state index contributed by atoms with van der Waals surface area (Å²) < 4.78 is 1.86. The molecule has 4 heteroatoms. The van der Waals surface area contributed by atoms with Gasteiger partial charge in [0.15, 0.2) is 0 Å². The average molecular weight is 228 g/mol. The zero-order valence-electron chi connectivity index (χ0n) is 9.55. The van der Waals surface area contributed by atoms with Crippen molar-refractivity contribution in [2.45, 2.75) is 26.8 Å². The van der Waals surface area contributed by atoms with Crippen LogP contribution in [0.25, 0.3) is 0 Å². The standard InChI is InChI=1S/C11H18ClN3/c1-7-4-9(7)5-13-6-10-11(12)8(2)14-15(10)3/h7,9,13H,4-6H2,1-3H3. The number of aryl methyl sites for hydroxylation is 2. The molecule has 2 rings (SSSR count). The molecular weight excluding hydrogens is 210 g/mol. The SMILES string of the molecule is Cc1nn(C)c(CNCC2CC2C)c1Cl. The molecule has 1 N–H and O–H groups in total. The molecule has 1 heterocycles. The highest BCUT2D eigenvalue weighted by Crippen LogP contribution is 2.36. The lowest BCUT2D eigenvalue weighted by Crippen LogP contribution is -2.19. The van der Waals surface area contributed by atoms with Crippen LogP contribution in [0.15, 0.2) is 0 Å². The van der Waals surface area contributed by atoms with Gasteiger partial charge in [0.05, 0.1) is 16.4 Å². The average Bonchev–Trinajstić information content (AvgIpc) is 2.81. The van der Waals surface area contributed by atoms with E-state index in [1.165, 1.54) is 6.42 Å². The van der Waals surface area contributed by atoms with Gasteiger partial charge in [0.25, 0.3) is 0 Å². The molecule has 1 aliphatic rings. The van der Waals surface area contributed by atoms with Gasteiger partial charge in [0.1, 0.15) is 0 Å². The fourth-order valence-electron chi connectivity index (χ4n) is 1.93. The maximum Gasteiger partial charge on any atom is 0.0860 e. The highest BCUT2D eigenvalue weighted by atomic mass is 35.5. The second kappa shape index (κ2) is 4.14. The van der Waals surface area contributed by atoms with E-state index in [0.29, 0.717) is 0 Å². The zero-order chi connectivity index (χ0) is 11.0. The second-order valence-electron chi connectivity index (χ2n) is 4.57. The smallest absolute Gasteiger partial charge is 0.0860 e. The Morgan fingerprint density at radius 3 is 2.73 bits per heavy atom. The van der Waals surface area contributed by atoms with Crippen LogP contribution in [0.2, 0.25) is 5.02 Å². The number of rotatable bonds is 4. The topological polar surface area (TPSA) is 29.9 Å². The highest BCUT2D eigenvalue weighted by Gasteiger charge is 2.31. The van der Waals surface area contributed by atoms with Crippen molar-refractivity contribution in [3.8, 4) is 0 Å². The third-order valence-corrected chi connectivity index (χ3v) is 3.73. The summed E-state index contributed by atoms with van der Waals surface area (Å²) in [6.07, 6.45) is 1.37. The largest absolute Gasteiger partial charge is 0.311 e. The van der Waals surface area contributed by atoms with Crippen LogP contribution >= 0.6 is 11.6 Å². The Bertz CT molecular complexity index is 359. The van der Waals surface area contributed by atoms with Crippen LogP contribution in [-0.2, 0) is 13.6 Å². The molecule has 1 aromatic heterocycles. The van der Waals surface area contributed by atoms with Crippen molar-refractivity contribution in [2.75, 3.05) is 6.54 Å². The van der Waals surface area contributed by atoms with Gasteiger partial charge >= 0.3 is 0 Å². The van der Waals surface area contributed by atoms with E-state index in [1.807, 2.05) is 18.7 Å². The fourth-order valence-corrected chi connectivity index (χ4v) is 2.16. The van der Waals surface area contributed by atoms with Gasteiger partial charge in [-0.15, -0.1) is 0 Å². The molecular formula is C11H18ClN3. The van der Waals surface area contributed by atoms with Gasteiger partial charge < -0.3 is 5.32 Å². The minimum absolute atomic E-state index is 0.800. The van der Waals surface area contributed by atoms with Crippen molar-refractivity contribution in [3.05, 3.63) is 16.4 Å². The van der Waals surface area contributed by atoms with Crippen LogP contribution < -0.4 is 5.32 Å². The summed E-state index contributed by atoms with van der Waals surface area (Å²) in [4.78, 5) is 0. The molecule has 1 aromatic rings. The molecule has 2 atom stereocenters. The van der Waals surface area contributed by atoms with Crippen LogP contribution in [0.5, 0.6) is 0 Å². The maximum atomic E-state index is 6.15. The Balaban J connectivity index is 1.87. The van der Waals surface area contributed by atoms with Crippen LogP contribution in [0.4, 0.5) is 0 Å². The van der Waals surface area contributed by atoms with Crippen LogP contribution in [0.1, 0.15) is 24.7 Å². The summed E-state index contributed by atoms with van der Waals surface area (Å²) in [6.45, 7) is 6.16. The van der Waals surface area contributed by atoms with Crippen molar-refractivity contribution >= 4 is 11.6 Å². The van der Waals surface area contributed by atoms with Crippen LogP contribution in [0.3, 0.4) is 0 Å². The van der Waals surface area contributed by atoms with Crippen molar-refractivity contribution in [3.63, 3.8) is 0 Å². The lowest BCUT2D eigenvalue weighted by molar-refractivity contribution is 0.582. The van der Waals surface area contributed by atoms with Crippen molar-refractivity contribution in [1.82, 2.24) is 15.1 Å². The first kappa shape index (κ1) is 11.0. The summed E-state index contributed by atoms with van der Waals surface area (Å²) in [5, 5.41) is 8.53. The van der Waals surface area contributed by atoms with Gasteiger partial charge in [-0.25, -0.2) is 0 Å². The lowest BCUT2D eigenvalue weighted by Gasteiger charge is -2.04. The van der Waals surface area contributed by atoms with E-state index in [-0.39, 0.29) is 0 Å². The minimum Gasteiger partial charge on any atom is -0.311 e. The van der Waals surface area contributed by atoms with Gasteiger partial charge in [-0.2, -0.15) is 5.10 Å². The van der Waals surface area contributed by atoms with Crippen molar-refractivity contribution in [1.29, 1.82) is 0 Å². The molecule has 0 saturated heterocycles. The molecule has 2 unspecified atom stereocenters. The predicted octanol–water partition coefficient (Wildman–Crippen LogP) is 2.13. The third-order valence-electron chi connectivity index (χ3n) is 3.24. The van der Waals surface area contributed by atoms with Crippen molar-refractivity contribution in [2.24, 2.45) is 18.9 Å². The monoisotopic (exact) mass is 227 g/mol. The van der Waals surface area contributed by atoms with E-state index in [0.717, 1.165) is 41.3 Å². The predicted molar refractivity (Wildman–Crippen MR) is 61.9 cm³/mol. The van der Waals surface area contributed by atoms with E-state index in [9.17, 15) is 0 Å². The maximum absolute atomic E-state index is 6.15. The number of nitrogens with zero attached hydrogens (tertiary/aromatic N) is 2. The molecule has 1 aliphatic carbocycles. The van der Waals surface area contributed by atoms with Crippen LogP contribution in [-0.4, -0.2) is 16.3 Å². The molecule has 0 aromatic carbocycles. The summed E-state index contributed by atoms with van der Waals surface area (Å²) in [5.74, 6) is 1.78. The first-order valence-electron chi connectivity index (χ1n) is 5.48. The van der Waals surface area contributed by atoms with Gasteiger partial charge in [0, 0.05) is 13.6 Å². The van der Waals surface area contributed by atoms with E-state index in [1.54, 1.807) is 0 Å². The van der Waals surface area contributed by atoms with Crippen molar-refractivity contribution < 1.29 is 0 Å². The van der Waals surface area contributed by atoms with E-state index < -0.39 is 0 Å². The van der Waals surface area contributed by atoms with Gasteiger partial charge in [-0.1, -0.05) is 18.5 Å². The first-order chi connectivity index (χ1) is 7.09. The van der Waals surface area contributed by atoms with E-state index in [4.69, 9.17) is 11.6 Å². The van der Waals surface area contributed by atoms with E-state index >= 15 is 0 Å². The quantitative estimate of drug-likeness (QED) is 0.854. The highest BCUT2D eigenvalue weighted by molar-refractivity contribution is 6.31. The number of hydrogen-bond acceptors (Lipinski definition) is 2. The Morgan fingerprint density at radius 2 is 2.27 bits per heavy atom.